The number of benzene rings is 3. The Hall–Kier alpha value is -3.23. The van der Waals surface area contributed by atoms with Gasteiger partial charge in [-0.1, -0.05) is 48.0 Å². The average molecular weight is 437 g/mol. The number of carbonyl (C=O) groups is 1. The van der Waals surface area contributed by atoms with E-state index in [-0.39, 0.29) is 16.6 Å². The van der Waals surface area contributed by atoms with E-state index >= 15 is 0 Å². The van der Waals surface area contributed by atoms with E-state index in [9.17, 15) is 13.2 Å². The van der Waals surface area contributed by atoms with Crippen LogP contribution in [0.4, 0.5) is 0 Å². The van der Waals surface area contributed by atoms with Gasteiger partial charge in [-0.25, -0.2) is 8.42 Å². The van der Waals surface area contributed by atoms with Crippen molar-refractivity contribution in [2.75, 3.05) is 6.54 Å². The molecule has 0 aromatic heterocycles. The molecule has 0 saturated carbocycles. The molecule has 0 unspecified atom stereocenters. The Morgan fingerprint density at radius 1 is 1.13 bits per heavy atom. The number of carbonyl (C=O) groups excluding carboxylic acids is 1. The number of fused-ring (bicyclic) bond motifs is 1. The third-order valence-corrected chi connectivity index (χ3v) is 6.95. The Balaban J connectivity index is 1.49. The van der Waals surface area contributed by atoms with Crippen molar-refractivity contribution in [1.82, 2.24) is 9.62 Å². The van der Waals surface area contributed by atoms with Gasteiger partial charge in [0.2, 0.25) is 15.9 Å². The van der Waals surface area contributed by atoms with Crippen LogP contribution in [0.5, 0.6) is 0 Å². The molecule has 31 heavy (non-hydrogen) atoms. The average Bonchev–Trinajstić information content (AvgIpc) is 3.06. The van der Waals surface area contributed by atoms with Gasteiger partial charge in [0.05, 0.1) is 4.90 Å². The lowest BCUT2D eigenvalue weighted by molar-refractivity contribution is -0.129. The first kappa shape index (κ1) is 21.0. The Kier molecular flexibility index (Phi) is 5.51. The molecule has 1 saturated heterocycles. The minimum atomic E-state index is -3.84. The fraction of sp³-hybridized carbons (Fsp3) is 0.217. The number of nitrogens with one attached hydrogen (secondary N) is 2. The maximum Gasteiger partial charge on any atom is 0.241 e. The number of hydrogen-bond acceptors (Lipinski definition) is 4. The number of nitrogen functional groups attached to an aromatic ring is 1. The van der Waals surface area contributed by atoms with Crippen molar-refractivity contribution in [3.63, 3.8) is 0 Å². The van der Waals surface area contributed by atoms with E-state index in [4.69, 9.17) is 11.1 Å². The van der Waals surface area contributed by atoms with Crippen LogP contribution in [0.25, 0.3) is 10.8 Å². The second-order valence-electron chi connectivity index (χ2n) is 7.85. The van der Waals surface area contributed by atoms with Crippen molar-refractivity contribution >= 4 is 32.5 Å². The number of aryl methyl sites for hydroxylation is 1. The summed E-state index contributed by atoms with van der Waals surface area (Å²) in [7, 11) is -3.84. The molecule has 7 nitrogen and oxygen atoms in total. The molecular formula is C23H24N4O3S. The van der Waals surface area contributed by atoms with Crippen LogP contribution >= 0.6 is 0 Å². The quantitative estimate of drug-likeness (QED) is 0.407. The molecule has 1 heterocycles. The number of nitrogens with two attached hydrogens (primary N) is 1. The van der Waals surface area contributed by atoms with E-state index in [0.717, 1.165) is 21.9 Å². The highest BCUT2D eigenvalue weighted by atomic mass is 32.2. The van der Waals surface area contributed by atoms with Crippen LogP contribution in [0.1, 0.15) is 23.1 Å². The smallest absolute Gasteiger partial charge is 0.241 e. The van der Waals surface area contributed by atoms with Gasteiger partial charge < -0.3 is 10.6 Å². The first-order valence-corrected chi connectivity index (χ1v) is 11.5. The lowest BCUT2D eigenvalue weighted by Gasteiger charge is -2.18. The normalized spacial score (nSPS) is 16.7. The SMILES string of the molecule is Cc1ccc2ccc(S(=O)(=O)N[C@H]3CCN(Cc4cccc(C(=N)N)c4)C3=O)cc2c1. The number of likely N-dealkylation sites (tertiary alicyclic amines) is 1. The first-order valence-electron chi connectivity index (χ1n) is 9.98. The Bertz CT molecular complexity index is 1290. The van der Waals surface area contributed by atoms with Crippen LogP contribution in [-0.2, 0) is 21.4 Å². The third-order valence-electron chi connectivity index (χ3n) is 5.48. The molecule has 1 fully saturated rings. The van der Waals surface area contributed by atoms with E-state index in [1.807, 2.05) is 31.2 Å². The molecule has 1 atom stereocenters. The molecule has 8 heteroatoms. The summed E-state index contributed by atoms with van der Waals surface area (Å²) in [6, 6.07) is 17.2. The second kappa shape index (κ2) is 8.13. The van der Waals surface area contributed by atoms with Crippen molar-refractivity contribution < 1.29 is 13.2 Å². The molecule has 3 aromatic rings. The van der Waals surface area contributed by atoms with Gasteiger partial charge in [0, 0.05) is 18.7 Å². The van der Waals surface area contributed by atoms with Gasteiger partial charge >= 0.3 is 0 Å². The Morgan fingerprint density at radius 2 is 1.90 bits per heavy atom. The minimum absolute atomic E-state index is 0.0363. The Morgan fingerprint density at radius 3 is 2.68 bits per heavy atom. The highest BCUT2D eigenvalue weighted by Crippen LogP contribution is 2.22. The lowest BCUT2D eigenvalue weighted by atomic mass is 10.1. The summed E-state index contributed by atoms with van der Waals surface area (Å²) in [6.45, 7) is 2.75. The third kappa shape index (κ3) is 4.45. The van der Waals surface area contributed by atoms with Crippen molar-refractivity contribution in [3.05, 3.63) is 77.4 Å². The molecule has 0 aliphatic carbocycles. The number of amidine groups is 1. The summed E-state index contributed by atoms with van der Waals surface area (Å²) < 4.78 is 28.4. The van der Waals surface area contributed by atoms with E-state index in [1.165, 1.54) is 0 Å². The van der Waals surface area contributed by atoms with Crippen LogP contribution in [0.2, 0.25) is 0 Å². The lowest BCUT2D eigenvalue weighted by Crippen LogP contribution is -2.41. The van der Waals surface area contributed by atoms with Crippen LogP contribution in [0.3, 0.4) is 0 Å². The first-order chi connectivity index (χ1) is 14.7. The molecule has 160 valence electrons. The fourth-order valence-electron chi connectivity index (χ4n) is 3.83. The van der Waals surface area contributed by atoms with Gasteiger partial charge in [0.1, 0.15) is 11.9 Å². The topological polar surface area (TPSA) is 116 Å². The van der Waals surface area contributed by atoms with E-state index in [0.29, 0.717) is 25.1 Å². The number of sulfonamides is 1. The molecule has 4 rings (SSSR count). The minimum Gasteiger partial charge on any atom is -0.384 e. The predicted octanol–water partition coefficient (Wildman–Crippen LogP) is 2.51. The van der Waals surface area contributed by atoms with Crippen molar-refractivity contribution in [3.8, 4) is 0 Å². The standard InChI is InChI=1S/C23H24N4O3S/c1-15-5-6-17-7-8-20(13-19(17)11-15)31(29,30)26-21-9-10-27(23(21)28)14-16-3-2-4-18(12-16)22(24)25/h2-8,11-13,21,26H,9-10,14H2,1H3,(H3,24,25)/t21-/m0/s1. The molecule has 1 aliphatic rings. The maximum atomic E-state index is 12.9. The van der Waals surface area contributed by atoms with E-state index in [2.05, 4.69) is 4.72 Å². The van der Waals surface area contributed by atoms with Crippen LogP contribution in [0.15, 0.2) is 65.6 Å². The Labute approximate surface area is 181 Å². The monoisotopic (exact) mass is 436 g/mol. The highest BCUT2D eigenvalue weighted by Gasteiger charge is 2.35. The molecule has 0 radical (unpaired) electrons. The maximum absolute atomic E-state index is 12.9. The van der Waals surface area contributed by atoms with Gasteiger partial charge in [-0.3, -0.25) is 10.2 Å². The van der Waals surface area contributed by atoms with Crippen molar-refractivity contribution in [2.24, 2.45) is 5.73 Å². The zero-order valence-electron chi connectivity index (χ0n) is 17.1. The number of nitrogens with zero attached hydrogens (tertiary/aromatic N) is 1. The summed E-state index contributed by atoms with van der Waals surface area (Å²) in [4.78, 5) is 14.6. The second-order valence-corrected chi connectivity index (χ2v) is 9.56. The van der Waals surface area contributed by atoms with Crippen LogP contribution < -0.4 is 10.5 Å². The van der Waals surface area contributed by atoms with E-state index in [1.54, 1.807) is 41.3 Å². The zero-order chi connectivity index (χ0) is 22.2. The molecule has 4 N–H and O–H groups in total. The summed E-state index contributed by atoms with van der Waals surface area (Å²) >= 11 is 0. The molecule has 3 aromatic carbocycles. The van der Waals surface area contributed by atoms with Gasteiger partial charge in [-0.05, 0) is 47.9 Å². The van der Waals surface area contributed by atoms with Crippen LogP contribution in [-0.4, -0.2) is 37.6 Å². The molecule has 1 aliphatic heterocycles. The van der Waals surface area contributed by atoms with Gasteiger partial charge in [-0.2, -0.15) is 4.72 Å². The number of hydrogen-bond donors (Lipinski definition) is 3. The van der Waals surface area contributed by atoms with Gasteiger partial charge in [-0.15, -0.1) is 0 Å². The highest BCUT2D eigenvalue weighted by molar-refractivity contribution is 7.89. The summed E-state index contributed by atoms with van der Waals surface area (Å²) in [5, 5.41) is 9.35. The fourth-order valence-corrected chi connectivity index (χ4v) is 5.09. The zero-order valence-corrected chi connectivity index (χ0v) is 17.9. The molecule has 0 bridgehead atoms. The molecule has 0 spiro atoms. The number of rotatable bonds is 6. The van der Waals surface area contributed by atoms with Crippen LogP contribution in [0, 0.1) is 12.3 Å². The van der Waals surface area contributed by atoms with Gasteiger partial charge in [0.25, 0.3) is 0 Å². The van der Waals surface area contributed by atoms with Crippen molar-refractivity contribution in [2.45, 2.75) is 30.8 Å². The number of amides is 1. The predicted molar refractivity (Wildman–Crippen MR) is 120 cm³/mol. The summed E-state index contributed by atoms with van der Waals surface area (Å²) in [6.07, 6.45) is 0.400. The van der Waals surface area contributed by atoms with Crippen molar-refractivity contribution in [1.29, 1.82) is 5.41 Å². The van der Waals surface area contributed by atoms with Gasteiger partial charge in [0.15, 0.2) is 0 Å². The largest absolute Gasteiger partial charge is 0.384 e. The van der Waals surface area contributed by atoms with E-state index < -0.39 is 16.1 Å². The summed E-state index contributed by atoms with van der Waals surface area (Å²) in [5.74, 6) is -0.292. The summed E-state index contributed by atoms with van der Waals surface area (Å²) in [5.41, 5.74) is 8.01. The molecule has 1 amide bonds. The molecular weight excluding hydrogens is 412 g/mol.